The number of nitrogens with zero attached hydrogens (tertiary/aromatic N) is 1. The second-order valence-corrected chi connectivity index (χ2v) is 10.1. The van der Waals surface area contributed by atoms with Crippen LogP contribution in [-0.2, 0) is 9.53 Å². The van der Waals surface area contributed by atoms with E-state index in [4.69, 9.17) is 4.74 Å². The summed E-state index contributed by atoms with van der Waals surface area (Å²) >= 11 is 0. The van der Waals surface area contributed by atoms with Crippen LogP contribution in [0.25, 0.3) is 0 Å². The van der Waals surface area contributed by atoms with Crippen molar-refractivity contribution in [3.8, 4) is 0 Å². The molecule has 0 aliphatic carbocycles. The monoisotopic (exact) mass is 419 g/mol. The Morgan fingerprint density at radius 3 is 1.70 bits per heavy atom. The molecule has 3 atom stereocenters. The Labute approximate surface area is 185 Å². The summed E-state index contributed by atoms with van der Waals surface area (Å²) in [6, 6.07) is 4.32. The third-order valence-corrected chi connectivity index (χ3v) is 6.28. The highest BCUT2D eigenvalue weighted by Gasteiger charge is 2.34. The summed E-state index contributed by atoms with van der Waals surface area (Å²) in [7, 11) is 1.42. The average molecular weight is 420 g/mol. The molecule has 0 saturated carbocycles. The molecule has 0 bridgehead atoms. The van der Waals surface area contributed by atoms with E-state index in [0.717, 1.165) is 0 Å². The molecule has 4 heteroatoms. The average Bonchev–Trinajstić information content (AvgIpc) is 2.65. The van der Waals surface area contributed by atoms with Gasteiger partial charge in [-0.15, -0.1) is 0 Å². The Morgan fingerprint density at radius 2 is 1.37 bits per heavy atom. The molecule has 0 amide bonds. The van der Waals surface area contributed by atoms with Gasteiger partial charge in [0.2, 0.25) is 0 Å². The molecule has 0 unspecified atom stereocenters. The van der Waals surface area contributed by atoms with Crippen LogP contribution in [0.4, 0.5) is 0 Å². The van der Waals surface area contributed by atoms with Crippen molar-refractivity contribution >= 4 is 5.97 Å². The number of hydrogen-bond acceptors (Lipinski definition) is 4. The number of benzene rings is 1. The van der Waals surface area contributed by atoms with Crippen LogP contribution in [0.2, 0.25) is 0 Å². The molecule has 0 spiro atoms. The van der Waals surface area contributed by atoms with Gasteiger partial charge in [0.25, 0.3) is 0 Å². The Bertz CT molecular complexity index is 665. The van der Waals surface area contributed by atoms with Gasteiger partial charge < -0.3 is 9.94 Å². The first-order valence-corrected chi connectivity index (χ1v) is 11.5. The quantitative estimate of drug-likeness (QED) is 0.326. The summed E-state index contributed by atoms with van der Waals surface area (Å²) in [5.74, 6) is 1.11. The number of esters is 1. The van der Waals surface area contributed by atoms with Crippen molar-refractivity contribution in [2.45, 2.75) is 105 Å². The second-order valence-electron chi connectivity index (χ2n) is 10.1. The van der Waals surface area contributed by atoms with E-state index >= 15 is 0 Å². The Morgan fingerprint density at radius 1 is 0.900 bits per heavy atom. The molecular weight excluding hydrogens is 374 g/mol. The van der Waals surface area contributed by atoms with Gasteiger partial charge in [-0.2, -0.15) is 5.06 Å². The number of hydroxylamine groups is 2. The fourth-order valence-electron chi connectivity index (χ4n) is 4.57. The standard InChI is InChI=1S/C26H45NO3/c1-15(2)21-13-22(16(3)4)25(23(14-21)17(5)6)20(10)27(29)26(18(7)8)19(9)12-24(28)30-11/h13-20,26,29H,12H2,1-11H3/t19-,20-,26-/m0/s1. The zero-order valence-electron chi connectivity index (χ0n) is 21.1. The molecular formula is C26H45NO3. The second kappa shape index (κ2) is 11.3. The van der Waals surface area contributed by atoms with Gasteiger partial charge in [0, 0.05) is 12.5 Å². The van der Waals surface area contributed by atoms with Crippen LogP contribution in [-0.4, -0.2) is 29.4 Å². The van der Waals surface area contributed by atoms with E-state index in [2.05, 4.69) is 74.4 Å². The van der Waals surface area contributed by atoms with E-state index in [1.807, 2.05) is 6.92 Å². The Hall–Kier alpha value is -1.39. The van der Waals surface area contributed by atoms with Crippen molar-refractivity contribution in [3.05, 3.63) is 34.4 Å². The molecule has 0 aliphatic rings. The summed E-state index contributed by atoms with van der Waals surface area (Å²) in [6.07, 6.45) is 0.295. The van der Waals surface area contributed by atoms with E-state index in [1.54, 1.807) is 0 Å². The molecule has 1 aromatic carbocycles. The van der Waals surface area contributed by atoms with Crippen LogP contribution in [0.5, 0.6) is 0 Å². The molecule has 0 aliphatic heterocycles. The number of ether oxygens (including phenoxy) is 1. The third-order valence-electron chi connectivity index (χ3n) is 6.28. The van der Waals surface area contributed by atoms with Crippen LogP contribution < -0.4 is 0 Å². The molecule has 1 rings (SSSR count). The highest BCUT2D eigenvalue weighted by molar-refractivity contribution is 5.69. The SMILES string of the molecule is COC(=O)C[C@H](C)[C@H](C(C)C)N(O)[C@@H](C)c1c(C(C)C)cc(C(C)C)cc1C(C)C. The first kappa shape index (κ1) is 26.6. The first-order valence-electron chi connectivity index (χ1n) is 11.5. The summed E-state index contributed by atoms with van der Waals surface area (Å²) in [4.78, 5) is 11.9. The van der Waals surface area contributed by atoms with Crippen molar-refractivity contribution in [2.24, 2.45) is 11.8 Å². The van der Waals surface area contributed by atoms with Crippen molar-refractivity contribution < 1.29 is 14.7 Å². The number of rotatable bonds is 10. The summed E-state index contributed by atoms with van der Waals surface area (Å²) in [6.45, 7) is 21.7. The minimum absolute atomic E-state index is 0.0233. The zero-order chi connectivity index (χ0) is 23.3. The van der Waals surface area contributed by atoms with Crippen LogP contribution in [0.3, 0.4) is 0 Å². The molecule has 172 valence electrons. The topological polar surface area (TPSA) is 49.8 Å². The molecule has 0 heterocycles. The predicted molar refractivity (Wildman–Crippen MR) is 125 cm³/mol. The van der Waals surface area contributed by atoms with Gasteiger partial charge in [-0.05, 0) is 58.8 Å². The lowest BCUT2D eigenvalue weighted by Crippen LogP contribution is -2.44. The van der Waals surface area contributed by atoms with Gasteiger partial charge in [0.15, 0.2) is 0 Å². The van der Waals surface area contributed by atoms with Crippen molar-refractivity contribution in [1.29, 1.82) is 0 Å². The van der Waals surface area contributed by atoms with Crippen molar-refractivity contribution in [1.82, 2.24) is 5.06 Å². The molecule has 0 aromatic heterocycles. The minimum Gasteiger partial charge on any atom is -0.469 e. The van der Waals surface area contributed by atoms with E-state index in [-0.39, 0.29) is 29.9 Å². The maximum atomic E-state index is 11.9. The molecule has 1 N–H and O–H groups in total. The van der Waals surface area contributed by atoms with Crippen LogP contribution in [0.15, 0.2) is 12.1 Å². The van der Waals surface area contributed by atoms with Gasteiger partial charge in [0.1, 0.15) is 0 Å². The third kappa shape index (κ3) is 6.31. The molecule has 0 radical (unpaired) electrons. The fraction of sp³-hybridized carbons (Fsp3) is 0.731. The minimum atomic E-state index is -0.235. The lowest BCUT2D eigenvalue weighted by Gasteiger charge is -2.39. The normalized spacial score (nSPS) is 15.4. The van der Waals surface area contributed by atoms with E-state index < -0.39 is 0 Å². The number of methoxy groups -OCH3 is 1. The van der Waals surface area contributed by atoms with Crippen molar-refractivity contribution in [2.75, 3.05) is 7.11 Å². The summed E-state index contributed by atoms with van der Waals surface area (Å²) in [5, 5.41) is 12.9. The van der Waals surface area contributed by atoms with E-state index in [0.29, 0.717) is 24.2 Å². The maximum Gasteiger partial charge on any atom is 0.305 e. The highest BCUT2D eigenvalue weighted by atomic mass is 16.5. The van der Waals surface area contributed by atoms with E-state index in [9.17, 15) is 10.0 Å². The highest BCUT2D eigenvalue weighted by Crippen LogP contribution is 2.39. The largest absolute Gasteiger partial charge is 0.469 e. The van der Waals surface area contributed by atoms with Crippen LogP contribution in [0.1, 0.15) is 122 Å². The predicted octanol–water partition coefficient (Wildman–Crippen LogP) is 7.03. The Kier molecular flexibility index (Phi) is 10.0. The van der Waals surface area contributed by atoms with Gasteiger partial charge in [-0.1, -0.05) is 74.4 Å². The van der Waals surface area contributed by atoms with Crippen LogP contribution >= 0.6 is 0 Å². The van der Waals surface area contributed by atoms with E-state index in [1.165, 1.54) is 34.4 Å². The number of hydrogen-bond donors (Lipinski definition) is 1. The molecule has 1 aromatic rings. The smallest absolute Gasteiger partial charge is 0.305 e. The molecule has 0 saturated heterocycles. The van der Waals surface area contributed by atoms with Gasteiger partial charge in [0.05, 0.1) is 13.2 Å². The lowest BCUT2D eigenvalue weighted by atomic mass is 9.81. The molecule has 4 nitrogen and oxygen atoms in total. The number of carbonyl (C=O) groups excluding carboxylic acids is 1. The molecule has 30 heavy (non-hydrogen) atoms. The summed E-state index contributed by atoms with van der Waals surface area (Å²) < 4.78 is 4.87. The first-order chi connectivity index (χ1) is 13.8. The molecule has 0 fully saturated rings. The van der Waals surface area contributed by atoms with Crippen molar-refractivity contribution in [3.63, 3.8) is 0 Å². The lowest BCUT2D eigenvalue weighted by molar-refractivity contribution is -0.184. The number of carbonyl (C=O) groups is 1. The van der Waals surface area contributed by atoms with Gasteiger partial charge in [-0.25, -0.2) is 0 Å². The Balaban J connectivity index is 3.51. The fourth-order valence-corrected chi connectivity index (χ4v) is 4.57. The van der Waals surface area contributed by atoms with Crippen LogP contribution in [0, 0.1) is 11.8 Å². The van der Waals surface area contributed by atoms with Gasteiger partial charge in [-0.3, -0.25) is 4.79 Å². The van der Waals surface area contributed by atoms with Gasteiger partial charge >= 0.3 is 5.97 Å². The summed E-state index contributed by atoms with van der Waals surface area (Å²) in [5.41, 5.74) is 5.18. The maximum absolute atomic E-state index is 11.9. The zero-order valence-corrected chi connectivity index (χ0v) is 21.1.